The third-order valence-electron chi connectivity index (χ3n) is 2.38. The lowest BCUT2D eigenvalue weighted by molar-refractivity contribution is 0.104. The fourth-order valence-electron chi connectivity index (χ4n) is 1.45. The molecule has 1 aromatic heterocycles. The molecular weight excluding hydrogens is 250 g/mol. The zero-order valence-electron chi connectivity index (χ0n) is 9.38. The van der Waals surface area contributed by atoms with Gasteiger partial charge in [-0.3, -0.25) is 9.78 Å². The van der Waals surface area contributed by atoms with Gasteiger partial charge in [-0.2, -0.15) is 0 Å². The van der Waals surface area contributed by atoms with Gasteiger partial charge in [0.1, 0.15) is 5.75 Å². The monoisotopic (exact) mass is 259 g/mol. The van der Waals surface area contributed by atoms with E-state index in [9.17, 15) is 9.90 Å². The zero-order valence-corrected chi connectivity index (χ0v) is 10.1. The second kappa shape index (κ2) is 5.47. The van der Waals surface area contributed by atoms with E-state index in [1.807, 2.05) is 0 Å². The minimum absolute atomic E-state index is 0.0396. The quantitative estimate of drug-likeness (QED) is 0.679. The molecule has 0 aliphatic carbocycles. The number of carbonyl (C=O) groups is 1. The number of carbonyl (C=O) groups excluding carboxylic acids is 1. The number of phenolic OH excluding ortho intramolecular Hbond substituents is 1. The lowest BCUT2D eigenvalue weighted by Gasteiger charge is -2.00. The van der Waals surface area contributed by atoms with E-state index in [2.05, 4.69) is 4.98 Å². The van der Waals surface area contributed by atoms with Crippen molar-refractivity contribution in [1.29, 1.82) is 0 Å². The maximum atomic E-state index is 11.8. The third kappa shape index (κ3) is 2.76. The lowest BCUT2D eigenvalue weighted by Crippen LogP contribution is -1.94. The molecular formula is C14H10ClNO2. The number of ketones is 1. The Morgan fingerprint density at radius 3 is 2.78 bits per heavy atom. The molecule has 1 N–H and O–H groups in total. The molecule has 0 unspecified atom stereocenters. The van der Waals surface area contributed by atoms with Crippen LogP contribution in [0.3, 0.4) is 0 Å². The smallest absolute Gasteiger partial charge is 0.187 e. The first-order valence-electron chi connectivity index (χ1n) is 5.28. The highest BCUT2D eigenvalue weighted by Crippen LogP contribution is 2.26. The van der Waals surface area contributed by atoms with Crippen LogP contribution < -0.4 is 0 Å². The van der Waals surface area contributed by atoms with Crippen molar-refractivity contribution in [3.8, 4) is 5.75 Å². The number of phenols is 1. The first-order valence-corrected chi connectivity index (χ1v) is 5.66. The van der Waals surface area contributed by atoms with E-state index < -0.39 is 0 Å². The first-order chi connectivity index (χ1) is 8.68. The Kier molecular flexibility index (Phi) is 3.75. The summed E-state index contributed by atoms with van der Waals surface area (Å²) in [4.78, 5) is 15.7. The number of pyridine rings is 1. The van der Waals surface area contributed by atoms with Gasteiger partial charge in [0.2, 0.25) is 0 Å². The van der Waals surface area contributed by atoms with Crippen LogP contribution in [0.25, 0.3) is 6.08 Å². The van der Waals surface area contributed by atoms with Gasteiger partial charge >= 0.3 is 0 Å². The van der Waals surface area contributed by atoms with E-state index in [0.29, 0.717) is 16.1 Å². The van der Waals surface area contributed by atoms with Crippen LogP contribution in [0.15, 0.2) is 48.8 Å². The predicted molar refractivity (Wildman–Crippen MR) is 70.7 cm³/mol. The van der Waals surface area contributed by atoms with Gasteiger partial charge in [-0.1, -0.05) is 17.7 Å². The average molecular weight is 260 g/mol. The fraction of sp³-hybridized carbons (Fsp3) is 0. The maximum Gasteiger partial charge on any atom is 0.187 e. The second-order valence-electron chi connectivity index (χ2n) is 3.61. The molecule has 0 spiro atoms. The van der Waals surface area contributed by atoms with Gasteiger partial charge in [-0.25, -0.2) is 0 Å². The Hall–Kier alpha value is -2.13. The summed E-state index contributed by atoms with van der Waals surface area (Å²) in [6.07, 6.45) is 5.93. The summed E-state index contributed by atoms with van der Waals surface area (Å²) in [6.45, 7) is 0. The number of hydrogen-bond donors (Lipinski definition) is 1. The minimum atomic E-state index is -0.192. The number of rotatable bonds is 3. The summed E-state index contributed by atoms with van der Waals surface area (Å²) in [5.74, 6) is -0.153. The molecule has 0 bridgehead atoms. The summed E-state index contributed by atoms with van der Waals surface area (Å²) >= 11 is 5.92. The highest BCUT2D eigenvalue weighted by molar-refractivity contribution is 6.32. The van der Waals surface area contributed by atoms with Crippen LogP contribution >= 0.6 is 11.6 Å². The summed E-state index contributed by atoms with van der Waals surface area (Å²) in [5.41, 5.74) is 0.914. The lowest BCUT2D eigenvalue weighted by atomic mass is 10.1. The number of hydrogen-bond acceptors (Lipinski definition) is 3. The van der Waals surface area contributed by atoms with Gasteiger partial charge in [-0.05, 0) is 36.4 Å². The molecule has 2 rings (SSSR count). The van der Waals surface area contributed by atoms with Gasteiger partial charge in [0.15, 0.2) is 5.78 Å². The topological polar surface area (TPSA) is 50.2 Å². The number of benzene rings is 1. The van der Waals surface area contributed by atoms with E-state index in [0.717, 1.165) is 0 Å². The molecule has 0 radical (unpaired) electrons. The highest BCUT2D eigenvalue weighted by Gasteiger charge is 2.04. The van der Waals surface area contributed by atoms with Crippen LogP contribution in [0.5, 0.6) is 5.75 Å². The molecule has 0 fully saturated rings. The molecule has 0 aliphatic heterocycles. The van der Waals surface area contributed by atoms with Gasteiger partial charge in [0.05, 0.1) is 5.02 Å². The van der Waals surface area contributed by atoms with Crippen LogP contribution in [0.1, 0.15) is 15.9 Å². The Morgan fingerprint density at radius 2 is 2.11 bits per heavy atom. The van der Waals surface area contributed by atoms with E-state index in [1.54, 1.807) is 30.5 Å². The number of halogens is 1. The Bertz CT molecular complexity index is 574. The molecule has 3 nitrogen and oxygen atoms in total. The van der Waals surface area contributed by atoms with E-state index >= 15 is 0 Å². The van der Waals surface area contributed by atoms with Crippen molar-refractivity contribution in [2.75, 3.05) is 0 Å². The molecule has 0 aliphatic rings. The number of allylic oxidation sites excluding steroid dienone is 1. The standard InChI is InChI=1S/C14H10ClNO2/c15-12-4-1-5-14(18)11(12)6-7-13(17)10-3-2-8-16-9-10/h1-9,18H. The minimum Gasteiger partial charge on any atom is -0.507 e. The van der Waals surface area contributed by atoms with Crippen LogP contribution in [0.4, 0.5) is 0 Å². The highest BCUT2D eigenvalue weighted by atomic mass is 35.5. The average Bonchev–Trinajstić information content (AvgIpc) is 2.39. The van der Waals surface area contributed by atoms with Gasteiger partial charge in [0.25, 0.3) is 0 Å². The van der Waals surface area contributed by atoms with Crippen molar-refractivity contribution in [2.45, 2.75) is 0 Å². The molecule has 4 heteroatoms. The van der Waals surface area contributed by atoms with Crippen LogP contribution in [-0.2, 0) is 0 Å². The van der Waals surface area contributed by atoms with E-state index in [1.165, 1.54) is 24.4 Å². The van der Waals surface area contributed by atoms with Crippen molar-refractivity contribution < 1.29 is 9.90 Å². The SMILES string of the molecule is O=C(C=Cc1c(O)cccc1Cl)c1cccnc1. The van der Waals surface area contributed by atoms with Crippen LogP contribution in [-0.4, -0.2) is 15.9 Å². The normalized spacial score (nSPS) is 10.7. The van der Waals surface area contributed by atoms with Crippen molar-refractivity contribution >= 4 is 23.5 Å². The molecule has 0 atom stereocenters. The summed E-state index contributed by atoms with van der Waals surface area (Å²) in [5, 5.41) is 10.0. The molecule has 0 amide bonds. The first kappa shape index (κ1) is 12.3. The third-order valence-corrected chi connectivity index (χ3v) is 2.71. The number of aromatic hydroxyl groups is 1. The molecule has 2 aromatic rings. The maximum absolute atomic E-state index is 11.8. The Labute approximate surface area is 109 Å². The largest absolute Gasteiger partial charge is 0.507 e. The zero-order chi connectivity index (χ0) is 13.0. The number of nitrogens with zero attached hydrogens (tertiary/aromatic N) is 1. The van der Waals surface area contributed by atoms with Gasteiger partial charge in [-0.15, -0.1) is 0 Å². The Morgan fingerprint density at radius 1 is 1.28 bits per heavy atom. The predicted octanol–water partition coefficient (Wildman–Crippen LogP) is 3.34. The van der Waals surface area contributed by atoms with Crippen molar-refractivity contribution in [2.24, 2.45) is 0 Å². The van der Waals surface area contributed by atoms with Gasteiger partial charge < -0.3 is 5.11 Å². The fourth-order valence-corrected chi connectivity index (χ4v) is 1.69. The number of aromatic nitrogens is 1. The summed E-state index contributed by atoms with van der Waals surface area (Å²) in [6, 6.07) is 8.16. The molecule has 90 valence electrons. The van der Waals surface area contributed by atoms with Crippen molar-refractivity contribution in [3.63, 3.8) is 0 Å². The van der Waals surface area contributed by atoms with Crippen molar-refractivity contribution in [1.82, 2.24) is 4.98 Å². The van der Waals surface area contributed by atoms with Crippen LogP contribution in [0.2, 0.25) is 5.02 Å². The molecule has 0 saturated heterocycles. The molecule has 1 aromatic carbocycles. The van der Waals surface area contributed by atoms with Crippen molar-refractivity contribution in [3.05, 3.63) is 65.0 Å². The van der Waals surface area contributed by atoms with E-state index in [-0.39, 0.29) is 11.5 Å². The summed E-state index contributed by atoms with van der Waals surface area (Å²) < 4.78 is 0. The summed E-state index contributed by atoms with van der Waals surface area (Å²) in [7, 11) is 0. The molecule has 18 heavy (non-hydrogen) atoms. The second-order valence-corrected chi connectivity index (χ2v) is 4.02. The van der Waals surface area contributed by atoms with Gasteiger partial charge in [0, 0.05) is 23.5 Å². The molecule has 1 heterocycles. The molecule has 0 saturated carbocycles. The van der Waals surface area contributed by atoms with Crippen LogP contribution in [0, 0.1) is 0 Å². The van der Waals surface area contributed by atoms with E-state index in [4.69, 9.17) is 11.6 Å². The Balaban J connectivity index is 2.24.